The minimum atomic E-state index is -4.30. The molecule has 2 aromatic heterocycles. The first-order valence-electron chi connectivity index (χ1n) is 24.7. The van der Waals surface area contributed by atoms with Gasteiger partial charge in [-0.05, 0) is 129 Å². The second-order valence-electron chi connectivity index (χ2n) is 19.2. The Morgan fingerprint density at radius 2 is 1.23 bits per heavy atom. The summed E-state index contributed by atoms with van der Waals surface area (Å²) in [5.74, 6) is 0. The monoisotopic (exact) mass is 1040 g/mol. The van der Waals surface area contributed by atoms with Crippen LogP contribution >= 0.6 is 46.2 Å². The molecule has 2 aliphatic heterocycles. The highest BCUT2D eigenvalue weighted by Crippen LogP contribution is 2.48. The van der Waals surface area contributed by atoms with Crippen molar-refractivity contribution in [2.75, 3.05) is 22.9 Å². The molecule has 10 rings (SSSR count). The van der Waals surface area contributed by atoms with Crippen LogP contribution in [0.25, 0.3) is 32.6 Å². The number of anilines is 2. The van der Waals surface area contributed by atoms with Crippen molar-refractivity contribution in [2.45, 2.75) is 94.7 Å². The molecule has 0 N–H and O–H groups in total. The van der Waals surface area contributed by atoms with Gasteiger partial charge in [-0.2, -0.15) is 9.13 Å². The van der Waals surface area contributed by atoms with Crippen molar-refractivity contribution >= 4 is 100 Å². The van der Waals surface area contributed by atoms with Crippen LogP contribution in [0.4, 0.5) is 11.4 Å². The molecule has 71 heavy (non-hydrogen) atoms. The van der Waals surface area contributed by atoms with Crippen molar-refractivity contribution in [3.63, 3.8) is 0 Å². The van der Waals surface area contributed by atoms with E-state index in [0.29, 0.717) is 6.54 Å². The number of thiazole rings is 2. The lowest BCUT2D eigenvalue weighted by atomic mass is 9.75. The molecule has 0 saturated heterocycles. The third-order valence-corrected chi connectivity index (χ3v) is 19.1. The van der Waals surface area contributed by atoms with Crippen molar-refractivity contribution in [1.82, 2.24) is 0 Å². The van der Waals surface area contributed by atoms with Crippen LogP contribution in [-0.2, 0) is 23.7 Å². The molecule has 1 unspecified atom stereocenters. The molecule has 4 aliphatic rings. The van der Waals surface area contributed by atoms with Gasteiger partial charge in [0.15, 0.2) is 6.54 Å². The summed E-state index contributed by atoms with van der Waals surface area (Å²) in [4.78, 5) is 7.50. The smallest absolute Gasteiger partial charge is 0.262 e. The maximum absolute atomic E-state index is 11.5. The van der Waals surface area contributed by atoms with Gasteiger partial charge in [0, 0.05) is 53.6 Å². The van der Waals surface area contributed by atoms with E-state index < -0.39 is 15.4 Å². The van der Waals surface area contributed by atoms with Gasteiger partial charge in [0.1, 0.15) is 16.4 Å². The minimum Gasteiger partial charge on any atom is -0.748 e. The molecule has 0 radical (unpaired) electrons. The molecular weight excluding hydrogens is 973 g/mol. The van der Waals surface area contributed by atoms with Gasteiger partial charge >= 0.3 is 0 Å². The molecule has 2 aliphatic carbocycles. The molecule has 0 fully saturated rings. The van der Waals surface area contributed by atoms with Gasteiger partial charge in [-0.15, -0.1) is 0 Å². The Labute approximate surface area is 437 Å². The van der Waals surface area contributed by atoms with E-state index in [1.807, 2.05) is 53.1 Å². The molecule has 12 heteroatoms. The molecular formula is C59H63N4O3S5+. The van der Waals surface area contributed by atoms with Crippen LogP contribution in [0.15, 0.2) is 188 Å². The summed E-state index contributed by atoms with van der Waals surface area (Å²) in [5, 5.41) is 4.02. The number of allylic oxidation sites excluding steroid dienone is 12. The fourth-order valence-electron chi connectivity index (χ4n) is 9.76. The highest BCUT2D eigenvalue weighted by atomic mass is 32.2. The van der Waals surface area contributed by atoms with E-state index in [2.05, 4.69) is 193 Å². The molecule has 4 aromatic carbocycles. The number of fused-ring (bicyclic) bond motifs is 4. The molecule has 7 nitrogen and oxygen atoms in total. The minimum absolute atomic E-state index is 0.158. The van der Waals surface area contributed by atoms with Crippen LogP contribution in [0.5, 0.6) is 0 Å². The zero-order valence-electron chi connectivity index (χ0n) is 41.5. The van der Waals surface area contributed by atoms with Crippen LogP contribution < -0.4 is 18.9 Å². The van der Waals surface area contributed by atoms with Crippen molar-refractivity contribution in [3.05, 3.63) is 188 Å². The summed E-state index contributed by atoms with van der Waals surface area (Å²) in [6.07, 6.45) is 28.5. The van der Waals surface area contributed by atoms with Crippen LogP contribution in [0.1, 0.15) is 83.2 Å². The summed E-state index contributed by atoms with van der Waals surface area (Å²) < 4.78 is 41.3. The van der Waals surface area contributed by atoms with E-state index in [4.69, 9.17) is 0 Å². The summed E-state index contributed by atoms with van der Waals surface area (Å²) in [6, 6.07) is 34.0. The van der Waals surface area contributed by atoms with E-state index in [0.717, 1.165) is 54.0 Å². The molecule has 6 aromatic rings. The first-order valence-corrected chi connectivity index (χ1v) is 29.4. The quantitative estimate of drug-likeness (QED) is 0.0893. The van der Waals surface area contributed by atoms with Crippen molar-refractivity contribution in [2.24, 2.45) is 12.5 Å². The van der Waals surface area contributed by atoms with Gasteiger partial charge in [0.05, 0.1) is 36.8 Å². The van der Waals surface area contributed by atoms with Gasteiger partial charge in [-0.25, -0.2) is 8.42 Å². The maximum atomic E-state index is 11.5. The topological polar surface area (TPSA) is 71.4 Å². The molecule has 0 bridgehead atoms. The normalized spacial score (nSPS) is 19.6. The Morgan fingerprint density at radius 3 is 1.86 bits per heavy atom. The number of nitrogens with zero attached hydrogens (tertiary/aromatic N) is 4. The number of hydrogen-bond donors (Lipinski definition) is 0. The van der Waals surface area contributed by atoms with E-state index in [1.165, 1.54) is 82.1 Å². The Bertz CT molecular complexity index is 3330. The zero-order valence-corrected chi connectivity index (χ0v) is 45.6. The second-order valence-corrected chi connectivity index (χ2v) is 25.3. The van der Waals surface area contributed by atoms with E-state index in [9.17, 15) is 13.0 Å². The Kier molecular flexibility index (Phi) is 15.9. The highest BCUT2D eigenvalue weighted by molar-refractivity contribution is 8.04. The fourth-order valence-corrected chi connectivity index (χ4v) is 14.7. The first-order chi connectivity index (χ1) is 34.3. The molecule has 0 amide bonds. The number of hydrogen-bond acceptors (Lipinski definition) is 9. The largest absolute Gasteiger partial charge is 0.748 e. The van der Waals surface area contributed by atoms with E-state index in [-0.39, 0.29) is 11.8 Å². The van der Waals surface area contributed by atoms with Gasteiger partial charge in [0.2, 0.25) is 11.0 Å². The lowest BCUT2D eigenvalue weighted by Gasteiger charge is -2.31. The number of benzene rings is 4. The molecule has 0 saturated carbocycles. The van der Waals surface area contributed by atoms with Gasteiger partial charge in [-0.3, -0.25) is 0 Å². The predicted octanol–water partition coefficient (Wildman–Crippen LogP) is 14.9. The molecule has 0 spiro atoms. The number of rotatable bonds is 12. The Balaban J connectivity index is 0.000000181. The van der Waals surface area contributed by atoms with E-state index in [1.54, 1.807) is 11.3 Å². The lowest BCUT2D eigenvalue weighted by Crippen LogP contribution is -2.37. The number of thioether (sulfide) groups is 2. The van der Waals surface area contributed by atoms with Crippen LogP contribution in [0.3, 0.4) is 0 Å². The fraction of sp³-hybridized carbons (Fsp3) is 0.288. The van der Waals surface area contributed by atoms with Crippen molar-refractivity contribution < 1.29 is 22.1 Å². The predicted molar refractivity (Wildman–Crippen MR) is 303 cm³/mol. The van der Waals surface area contributed by atoms with Crippen LogP contribution in [0, 0.1) is 5.41 Å². The average Bonchev–Trinajstić information content (AvgIpc) is 4.09. The Morgan fingerprint density at radius 1 is 0.690 bits per heavy atom. The van der Waals surface area contributed by atoms with Crippen molar-refractivity contribution in [1.29, 1.82) is 0 Å². The maximum Gasteiger partial charge on any atom is 0.262 e. The second kappa shape index (κ2) is 22.3. The summed E-state index contributed by atoms with van der Waals surface area (Å²) in [7, 11) is -2.16. The van der Waals surface area contributed by atoms with Crippen LogP contribution in [0.2, 0.25) is 0 Å². The summed E-state index contributed by atoms with van der Waals surface area (Å²) in [6.45, 7) is 13.0. The number of para-hydroxylation sites is 4. The zero-order chi connectivity index (χ0) is 49.7. The number of aromatic nitrogens is 2. The molecule has 1 atom stereocenters. The standard InChI is InChI=1S/C32H36N2O3S3.C27H27N2S2/c1-5-33-26-12-6-8-14-28(26)39-31(33)20-25-19-24(21-32(3,4)22-25)11-10-16-30-34(18-17-23(2)40(35,36)37)27-13-7-9-15-29(27)38-30;1-3-29-23-14-5-7-16-25(23)31-27(29)19-21-12-8-10-20(18-21)11-9-17-26-28(2)22-13-4-6-15-24(22)30-26/h6-16,19-20,23H,5,17-18,21-22H2,1-4H3;4-7,9,11,13-19H,3,8,10,12H2,1-2H3/q;+1. The van der Waals surface area contributed by atoms with Crippen LogP contribution in [-0.4, -0.2) is 31.3 Å². The third kappa shape index (κ3) is 12.0. The third-order valence-electron chi connectivity index (χ3n) is 13.3. The Hall–Kier alpha value is -5.21. The number of aryl methyl sites for hydroxylation is 2. The van der Waals surface area contributed by atoms with Gasteiger partial charge < -0.3 is 14.4 Å². The van der Waals surface area contributed by atoms with Gasteiger partial charge in [-0.1, -0.05) is 145 Å². The SMILES string of the molecule is CCN1/C(=C\C2=CC(=C/C=C/c3sc4ccccc4[n+]3CCC(C)S(=O)(=O)[O-])/CC(C)(C)C2)Sc2ccccc21.CCN1C(=CC2=C/C(=C\C=C\c3sc4ccccc4[n+]3C)CCC2)Sc2ccccc21. The summed E-state index contributed by atoms with van der Waals surface area (Å²) in [5.41, 5.74) is 10.6. The molecule has 366 valence electrons. The molecule has 4 heterocycles. The van der Waals surface area contributed by atoms with Crippen molar-refractivity contribution in [3.8, 4) is 0 Å². The van der Waals surface area contributed by atoms with Gasteiger partial charge in [0.25, 0.3) is 10.0 Å². The average molecular weight is 1040 g/mol. The first kappa shape index (κ1) is 50.7. The lowest BCUT2D eigenvalue weighted by molar-refractivity contribution is -0.669. The summed E-state index contributed by atoms with van der Waals surface area (Å²) >= 11 is 7.26. The highest BCUT2D eigenvalue weighted by Gasteiger charge is 2.29. The van der Waals surface area contributed by atoms with E-state index >= 15 is 0 Å².